The summed E-state index contributed by atoms with van der Waals surface area (Å²) in [7, 11) is -3.80. The predicted molar refractivity (Wildman–Crippen MR) is 338 cm³/mol. The molecule has 0 saturated heterocycles. The standard InChI is InChI=1S/C70H94O5P2S/c1-43-35-57(76(72-53-31-27-45(63(3,4)5)39-49(53)67(15,16)17)73-54-32-28-46(64(6,7)8)40-50(54)68(18,19)20)61-59(37-43)78-60-38-44(2)36-58(62(60)71-61)77(74-55-33-29-47(65(9,10)11)41-51(55)69(21,22)23)75-56-34-30-48(66(12,13)14)42-52(56)70(24,25)26/h27-42H,1-26H3. The second kappa shape index (κ2) is 21.5. The highest BCUT2D eigenvalue weighted by Crippen LogP contribution is 2.57. The molecule has 5 nitrogen and oxygen atoms in total. The predicted octanol–water partition coefficient (Wildman–Crippen LogP) is 21.1. The summed E-state index contributed by atoms with van der Waals surface area (Å²) in [6.45, 7) is 58.6. The minimum absolute atomic E-state index is 0.0540. The van der Waals surface area contributed by atoms with Gasteiger partial charge >= 0.3 is 16.8 Å². The van der Waals surface area contributed by atoms with Gasteiger partial charge in [0.1, 0.15) is 23.0 Å². The van der Waals surface area contributed by atoms with Gasteiger partial charge in [0.2, 0.25) is 0 Å². The van der Waals surface area contributed by atoms with E-state index in [0.29, 0.717) is 11.5 Å². The normalized spacial score (nSPS) is 13.8. The van der Waals surface area contributed by atoms with Crippen molar-refractivity contribution in [3.05, 3.63) is 153 Å². The smallest absolute Gasteiger partial charge is 0.330 e. The lowest BCUT2D eigenvalue weighted by Crippen LogP contribution is -2.23. The lowest BCUT2D eigenvalue weighted by molar-refractivity contribution is 0.446. The number of hydrogen-bond acceptors (Lipinski definition) is 6. The van der Waals surface area contributed by atoms with E-state index in [-0.39, 0.29) is 43.3 Å². The quantitative estimate of drug-likeness (QED) is 0.127. The first-order chi connectivity index (χ1) is 35.5. The first kappa shape index (κ1) is 61.2. The molecule has 7 rings (SSSR count). The Labute approximate surface area is 479 Å². The van der Waals surface area contributed by atoms with Crippen LogP contribution in [0.4, 0.5) is 0 Å². The molecule has 78 heavy (non-hydrogen) atoms. The highest BCUT2D eigenvalue weighted by atomic mass is 32.2. The summed E-state index contributed by atoms with van der Waals surface area (Å²) in [6, 6.07) is 35.7. The number of aryl methyl sites for hydroxylation is 2. The second-order valence-corrected chi connectivity index (χ2v) is 34.0. The molecule has 0 amide bonds. The lowest BCUT2D eigenvalue weighted by Gasteiger charge is -2.33. The Morgan fingerprint density at radius 3 is 0.744 bits per heavy atom. The number of ether oxygens (including phenoxy) is 1. The summed E-state index contributed by atoms with van der Waals surface area (Å²) >= 11 is 1.72. The van der Waals surface area contributed by atoms with E-state index in [9.17, 15) is 0 Å². The molecule has 0 N–H and O–H groups in total. The van der Waals surface area contributed by atoms with Crippen molar-refractivity contribution in [1.82, 2.24) is 0 Å². The molecule has 0 spiro atoms. The van der Waals surface area contributed by atoms with Crippen LogP contribution in [0.3, 0.4) is 0 Å². The van der Waals surface area contributed by atoms with E-state index in [1.54, 1.807) is 11.8 Å². The molecular formula is C70H94O5P2S. The summed E-state index contributed by atoms with van der Waals surface area (Å²) in [5.74, 6) is 4.61. The fraction of sp³-hybridized carbons (Fsp3) is 0.486. The van der Waals surface area contributed by atoms with Crippen molar-refractivity contribution in [3.63, 3.8) is 0 Å². The van der Waals surface area contributed by atoms with Gasteiger partial charge in [0.25, 0.3) is 0 Å². The molecule has 8 heteroatoms. The van der Waals surface area contributed by atoms with Crippen LogP contribution < -0.4 is 33.4 Å². The fourth-order valence-electron chi connectivity index (χ4n) is 9.53. The highest BCUT2D eigenvalue weighted by molar-refractivity contribution is 7.99. The zero-order valence-corrected chi connectivity index (χ0v) is 55.2. The summed E-state index contributed by atoms with van der Waals surface area (Å²) in [4.78, 5) is 2.00. The molecular weight excluding hydrogens is 1010 g/mol. The van der Waals surface area contributed by atoms with Gasteiger partial charge in [0.05, 0.1) is 20.4 Å². The van der Waals surface area contributed by atoms with Crippen LogP contribution in [0, 0.1) is 13.8 Å². The maximum Gasteiger partial charge on any atom is 0.330 e. The number of benzene rings is 6. The van der Waals surface area contributed by atoms with E-state index < -0.39 is 16.8 Å². The Balaban J connectivity index is 1.48. The average Bonchev–Trinajstić information content (AvgIpc) is 3.31. The minimum Gasteiger partial charge on any atom is -0.453 e. The van der Waals surface area contributed by atoms with Crippen molar-refractivity contribution in [2.45, 2.75) is 233 Å². The van der Waals surface area contributed by atoms with Crippen molar-refractivity contribution in [2.75, 3.05) is 0 Å². The van der Waals surface area contributed by atoms with Crippen LogP contribution in [-0.2, 0) is 43.3 Å². The van der Waals surface area contributed by atoms with Crippen LogP contribution in [0.1, 0.15) is 222 Å². The summed E-state index contributed by atoms with van der Waals surface area (Å²) in [5.41, 5.74) is 10.6. The third kappa shape index (κ3) is 14.0. The van der Waals surface area contributed by atoms with E-state index >= 15 is 0 Å². The maximum atomic E-state index is 7.60. The van der Waals surface area contributed by atoms with Gasteiger partial charge in [0.15, 0.2) is 11.5 Å². The van der Waals surface area contributed by atoms with Crippen LogP contribution >= 0.6 is 28.5 Å². The first-order valence-electron chi connectivity index (χ1n) is 28.1. The van der Waals surface area contributed by atoms with Crippen molar-refractivity contribution in [2.24, 2.45) is 0 Å². The van der Waals surface area contributed by atoms with Crippen LogP contribution in [0.15, 0.2) is 107 Å². The summed E-state index contributed by atoms with van der Waals surface area (Å²) in [6.07, 6.45) is 0. The third-order valence-corrected chi connectivity index (χ3v) is 18.5. The maximum absolute atomic E-state index is 7.60. The van der Waals surface area contributed by atoms with Gasteiger partial charge < -0.3 is 22.8 Å². The molecule has 0 fully saturated rings. The molecule has 0 aromatic heterocycles. The molecule has 0 bridgehead atoms. The van der Waals surface area contributed by atoms with Gasteiger partial charge in [-0.15, -0.1) is 0 Å². The number of rotatable bonds is 10. The molecule has 6 aromatic rings. The molecule has 1 aliphatic heterocycles. The van der Waals surface area contributed by atoms with E-state index in [2.05, 4.69) is 277 Å². The van der Waals surface area contributed by atoms with E-state index in [1.807, 2.05) is 0 Å². The summed E-state index contributed by atoms with van der Waals surface area (Å²) < 4.78 is 37.7. The molecule has 0 unspecified atom stereocenters. The Kier molecular flexibility index (Phi) is 16.8. The SMILES string of the molecule is Cc1cc2c(c(P(Oc3ccc(C(C)(C)C)cc3C(C)(C)C)Oc3ccc(C(C)(C)C)cc3C(C)(C)C)c1)Oc1c(cc(C)cc1P(Oc1ccc(C(C)(C)C)cc1C(C)(C)C)Oc1ccc(C(C)(C)C)cc1C(C)(C)C)S2. The van der Waals surface area contributed by atoms with Crippen molar-refractivity contribution in [3.8, 4) is 34.5 Å². The lowest BCUT2D eigenvalue weighted by atomic mass is 9.80. The highest BCUT2D eigenvalue weighted by Gasteiger charge is 2.38. The molecule has 0 atom stereocenters. The van der Waals surface area contributed by atoms with Gasteiger partial charge in [-0.1, -0.05) is 226 Å². The minimum atomic E-state index is -1.90. The van der Waals surface area contributed by atoms with Gasteiger partial charge in [-0.05, 0) is 139 Å². The zero-order chi connectivity index (χ0) is 58.3. The molecule has 420 valence electrons. The van der Waals surface area contributed by atoms with Gasteiger partial charge in [-0.2, -0.15) is 0 Å². The first-order valence-corrected chi connectivity index (χ1v) is 31.2. The Hall–Kier alpha value is -4.47. The second-order valence-electron chi connectivity index (χ2n) is 30.1. The van der Waals surface area contributed by atoms with Gasteiger partial charge in [-0.25, -0.2) is 0 Å². The van der Waals surface area contributed by atoms with E-state index in [4.69, 9.17) is 22.8 Å². The van der Waals surface area contributed by atoms with Crippen molar-refractivity contribution < 1.29 is 22.8 Å². The van der Waals surface area contributed by atoms with Crippen LogP contribution in [-0.4, -0.2) is 0 Å². The Bertz CT molecular complexity index is 2820. The molecule has 0 radical (unpaired) electrons. The van der Waals surface area contributed by atoms with Crippen LogP contribution in [0.2, 0.25) is 0 Å². The Morgan fingerprint density at radius 2 is 0.538 bits per heavy atom. The molecule has 6 aromatic carbocycles. The number of hydrogen-bond donors (Lipinski definition) is 0. The third-order valence-electron chi connectivity index (χ3n) is 14.5. The zero-order valence-electron chi connectivity index (χ0n) is 52.6. The number of fused-ring (bicyclic) bond motifs is 2. The topological polar surface area (TPSA) is 46.2 Å². The van der Waals surface area contributed by atoms with E-state index in [0.717, 1.165) is 76.8 Å². The molecule has 1 heterocycles. The molecule has 1 aliphatic rings. The van der Waals surface area contributed by atoms with Gasteiger partial charge in [-0.3, -0.25) is 0 Å². The van der Waals surface area contributed by atoms with Crippen molar-refractivity contribution in [1.29, 1.82) is 0 Å². The van der Waals surface area contributed by atoms with Crippen LogP contribution in [0.25, 0.3) is 0 Å². The largest absolute Gasteiger partial charge is 0.453 e. The van der Waals surface area contributed by atoms with Crippen molar-refractivity contribution >= 4 is 39.1 Å². The van der Waals surface area contributed by atoms with E-state index in [1.165, 1.54) is 22.3 Å². The van der Waals surface area contributed by atoms with Gasteiger partial charge in [0, 0.05) is 22.3 Å². The average molecular weight is 1110 g/mol. The monoisotopic (exact) mass is 1110 g/mol. The van der Waals surface area contributed by atoms with Crippen LogP contribution in [0.5, 0.6) is 34.5 Å². The summed E-state index contributed by atoms with van der Waals surface area (Å²) in [5, 5.41) is 1.71. The molecule has 0 saturated carbocycles. The molecule has 0 aliphatic carbocycles. The fourth-order valence-corrected chi connectivity index (χ4v) is 14.0. The Morgan fingerprint density at radius 1 is 0.308 bits per heavy atom.